The highest BCUT2D eigenvalue weighted by atomic mass is 16.6. The van der Waals surface area contributed by atoms with Crippen LogP contribution in [0.1, 0.15) is 5.56 Å². The molecule has 2 aromatic carbocycles. The molecule has 134 valence electrons. The van der Waals surface area contributed by atoms with Gasteiger partial charge in [0.1, 0.15) is 24.4 Å². The number of aliphatic hydroxyl groups excluding tert-OH is 4. The molecule has 5 atom stereocenters. The van der Waals surface area contributed by atoms with E-state index in [9.17, 15) is 20.1 Å². The summed E-state index contributed by atoms with van der Waals surface area (Å²) < 4.78 is 5.03. The third kappa shape index (κ3) is 3.65. The van der Waals surface area contributed by atoms with E-state index in [1.807, 2.05) is 42.5 Å². The summed E-state index contributed by atoms with van der Waals surface area (Å²) in [6, 6.07) is 12.1. The van der Waals surface area contributed by atoms with Crippen molar-refractivity contribution < 1.29 is 30.0 Å². The van der Waals surface area contributed by atoms with Crippen LogP contribution in [-0.4, -0.2) is 63.6 Å². The Hall–Kier alpha value is -2.03. The van der Waals surface area contributed by atoms with Crippen LogP contribution in [0.15, 0.2) is 42.5 Å². The molecule has 0 saturated carbocycles. The number of hydrogen-bond acceptors (Lipinski definition) is 6. The van der Waals surface area contributed by atoms with Crippen molar-refractivity contribution in [1.29, 1.82) is 0 Å². The normalized spacial score (nSPS) is 29.5. The molecule has 7 heteroatoms. The second-order valence-electron chi connectivity index (χ2n) is 6.14. The maximum absolute atomic E-state index is 12.4. The maximum atomic E-state index is 12.4. The Labute approximate surface area is 144 Å². The van der Waals surface area contributed by atoms with E-state index in [0.717, 1.165) is 16.3 Å². The number of rotatable bonds is 4. The van der Waals surface area contributed by atoms with Gasteiger partial charge in [0.15, 0.2) is 6.29 Å². The van der Waals surface area contributed by atoms with Crippen LogP contribution in [0.3, 0.4) is 0 Å². The second kappa shape index (κ2) is 7.47. The summed E-state index contributed by atoms with van der Waals surface area (Å²) in [6.07, 6.45) is -5.42. The molecular formula is C18H21NO6. The van der Waals surface area contributed by atoms with E-state index in [2.05, 4.69) is 5.32 Å². The number of benzene rings is 2. The third-order valence-electron chi connectivity index (χ3n) is 4.46. The molecule has 0 unspecified atom stereocenters. The average Bonchev–Trinajstić information content (AvgIpc) is 2.62. The number of carbonyl (C=O) groups is 1. The smallest absolute Gasteiger partial charge is 0.224 e. The lowest BCUT2D eigenvalue weighted by molar-refractivity contribution is -0.253. The standard InChI is InChI=1S/C18H21NO6/c20-9-13-16(22)17(23)15(18(24)25-13)19-14(21)8-11-6-3-5-10-4-1-2-7-12(10)11/h1-7,13,15-18,20,22-24H,8-9H2,(H,19,21)/t13-,15-,16-,17-,18-/m1/s1. The number of amides is 1. The zero-order chi connectivity index (χ0) is 18.0. The molecule has 0 bridgehead atoms. The van der Waals surface area contributed by atoms with Crippen molar-refractivity contribution in [2.45, 2.75) is 37.1 Å². The summed E-state index contributed by atoms with van der Waals surface area (Å²) >= 11 is 0. The molecule has 3 rings (SSSR count). The summed E-state index contributed by atoms with van der Waals surface area (Å²) in [5.74, 6) is -0.419. The van der Waals surface area contributed by atoms with Crippen LogP contribution in [0.2, 0.25) is 0 Å². The Morgan fingerprint density at radius 3 is 2.52 bits per heavy atom. The van der Waals surface area contributed by atoms with E-state index < -0.39 is 43.2 Å². The number of fused-ring (bicyclic) bond motifs is 1. The Balaban J connectivity index is 1.72. The predicted octanol–water partition coefficient (Wildman–Crippen LogP) is -0.702. The van der Waals surface area contributed by atoms with E-state index in [0.29, 0.717) is 0 Å². The molecule has 25 heavy (non-hydrogen) atoms. The molecule has 1 heterocycles. The SMILES string of the molecule is O=C(Cc1cccc2ccccc12)N[C@@H]1[C@@H](O)[C@H](O)[C@@H](CO)O[C@H]1O. The zero-order valence-electron chi connectivity index (χ0n) is 13.4. The molecule has 1 aliphatic heterocycles. The highest BCUT2D eigenvalue weighted by Crippen LogP contribution is 2.21. The van der Waals surface area contributed by atoms with E-state index in [1.165, 1.54) is 0 Å². The molecule has 5 N–H and O–H groups in total. The Bertz CT molecular complexity index is 746. The quantitative estimate of drug-likeness (QED) is 0.499. The van der Waals surface area contributed by atoms with Gasteiger partial charge in [-0.15, -0.1) is 0 Å². The first-order chi connectivity index (χ1) is 12.0. The fourth-order valence-corrected chi connectivity index (χ4v) is 3.11. The lowest BCUT2D eigenvalue weighted by Gasteiger charge is -2.40. The molecule has 0 aromatic heterocycles. The van der Waals surface area contributed by atoms with Gasteiger partial charge in [0.2, 0.25) is 5.91 Å². The van der Waals surface area contributed by atoms with Gasteiger partial charge in [-0.25, -0.2) is 0 Å². The third-order valence-corrected chi connectivity index (χ3v) is 4.46. The van der Waals surface area contributed by atoms with Crippen LogP contribution in [0.25, 0.3) is 10.8 Å². The number of carbonyl (C=O) groups excluding carboxylic acids is 1. The van der Waals surface area contributed by atoms with Gasteiger partial charge in [-0.2, -0.15) is 0 Å². The van der Waals surface area contributed by atoms with Gasteiger partial charge in [-0.3, -0.25) is 4.79 Å². The number of ether oxygens (including phenoxy) is 1. The highest BCUT2D eigenvalue weighted by Gasteiger charge is 2.44. The minimum absolute atomic E-state index is 0.0524. The first kappa shape index (κ1) is 17.8. The first-order valence-electron chi connectivity index (χ1n) is 8.08. The van der Waals surface area contributed by atoms with Gasteiger partial charge in [-0.1, -0.05) is 42.5 Å². The highest BCUT2D eigenvalue weighted by molar-refractivity contribution is 5.90. The van der Waals surface area contributed by atoms with Crippen LogP contribution < -0.4 is 5.32 Å². The van der Waals surface area contributed by atoms with Crippen molar-refractivity contribution in [3.8, 4) is 0 Å². The van der Waals surface area contributed by atoms with E-state index in [4.69, 9.17) is 9.84 Å². The first-order valence-corrected chi connectivity index (χ1v) is 8.08. The zero-order valence-corrected chi connectivity index (χ0v) is 13.4. The minimum atomic E-state index is -1.52. The minimum Gasteiger partial charge on any atom is -0.394 e. The summed E-state index contributed by atoms with van der Waals surface area (Å²) in [5.41, 5.74) is 0.810. The maximum Gasteiger partial charge on any atom is 0.224 e. The van der Waals surface area contributed by atoms with Crippen LogP contribution in [0.4, 0.5) is 0 Å². The lowest BCUT2D eigenvalue weighted by Crippen LogP contribution is -2.64. The topological polar surface area (TPSA) is 119 Å². The van der Waals surface area contributed by atoms with Gasteiger partial charge in [-0.05, 0) is 16.3 Å². The summed E-state index contributed by atoms with van der Waals surface area (Å²) in [7, 11) is 0. The average molecular weight is 347 g/mol. The van der Waals surface area contributed by atoms with Crippen LogP contribution >= 0.6 is 0 Å². The van der Waals surface area contributed by atoms with Crippen molar-refractivity contribution in [3.05, 3.63) is 48.0 Å². The Morgan fingerprint density at radius 2 is 1.76 bits per heavy atom. The van der Waals surface area contributed by atoms with Gasteiger partial charge in [0.05, 0.1) is 13.0 Å². The molecule has 1 saturated heterocycles. The van der Waals surface area contributed by atoms with Gasteiger partial charge in [0.25, 0.3) is 0 Å². The summed E-state index contributed by atoms with van der Waals surface area (Å²) in [6.45, 7) is -0.550. The summed E-state index contributed by atoms with van der Waals surface area (Å²) in [4.78, 5) is 12.4. The second-order valence-corrected chi connectivity index (χ2v) is 6.14. The van der Waals surface area contributed by atoms with Crippen LogP contribution in [0, 0.1) is 0 Å². The fraction of sp³-hybridized carbons (Fsp3) is 0.389. The van der Waals surface area contributed by atoms with Crippen molar-refractivity contribution >= 4 is 16.7 Å². The molecular weight excluding hydrogens is 326 g/mol. The Kier molecular flexibility index (Phi) is 5.31. The molecule has 1 amide bonds. The lowest BCUT2D eigenvalue weighted by atomic mass is 9.96. The molecule has 0 aliphatic carbocycles. The Morgan fingerprint density at radius 1 is 1.04 bits per heavy atom. The van der Waals surface area contributed by atoms with E-state index in [1.54, 1.807) is 0 Å². The van der Waals surface area contributed by atoms with E-state index >= 15 is 0 Å². The predicted molar refractivity (Wildman–Crippen MR) is 89.6 cm³/mol. The largest absolute Gasteiger partial charge is 0.394 e. The van der Waals surface area contributed by atoms with Crippen LogP contribution in [-0.2, 0) is 16.0 Å². The van der Waals surface area contributed by atoms with Crippen molar-refractivity contribution in [3.63, 3.8) is 0 Å². The molecule has 0 spiro atoms. The van der Waals surface area contributed by atoms with Crippen molar-refractivity contribution in [2.75, 3.05) is 6.61 Å². The number of nitrogens with one attached hydrogen (secondary N) is 1. The van der Waals surface area contributed by atoms with Crippen LogP contribution in [0.5, 0.6) is 0 Å². The van der Waals surface area contributed by atoms with Gasteiger partial charge in [0, 0.05) is 0 Å². The number of hydrogen-bond donors (Lipinski definition) is 5. The fourth-order valence-electron chi connectivity index (χ4n) is 3.11. The molecule has 7 nitrogen and oxygen atoms in total. The molecule has 2 aromatic rings. The molecule has 1 aliphatic rings. The monoisotopic (exact) mass is 347 g/mol. The van der Waals surface area contributed by atoms with Crippen molar-refractivity contribution in [1.82, 2.24) is 5.32 Å². The van der Waals surface area contributed by atoms with Gasteiger partial charge < -0.3 is 30.5 Å². The van der Waals surface area contributed by atoms with Gasteiger partial charge >= 0.3 is 0 Å². The molecule has 1 fully saturated rings. The van der Waals surface area contributed by atoms with E-state index in [-0.39, 0.29) is 6.42 Å². The number of aliphatic hydroxyl groups is 4. The molecule has 0 radical (unpaired) electrons. The summed E-state index contributed by atoms with van der Waals surface area (Å²) in [5, 5.41) is 43.4. The van der Waals surface area contributed by atoms with Crippen molar-refractivity contribution in [2.24, 2.45) is 0 Å².